The number of hydrogen-bond donors (Lipinski definition) is 2. The Morgan fingerprint density at radius 3 is 2.85 bits per heavy atom. The van der Waals surface area contributed by atoms with Crippen LogP contribution in [-0.2, 0) is 16.0 Å². The maximum Gasteiger partial charge on any atom is 0.228 e. The van der Waals surface area contributed by atoms with Gasteiger partial charge in [-0.3, -0.25) is 9.59 Å². The summed E-state index contributed by atoms with van der Waals surface area (Å²) in [7, 11) is 0. The maximum absolute atomic E-state index is 13.0. The van der Waals surface area contributed by atoms with E-state index >= 15 is 0 Å². The Morgan fingerprint density at radius 1 is 1.42 bits per heavy atom. The van der Waals surface area contributed by atoms with Gasteiger partial charge in [0.15, 0.2) is 0 Å². The van der Waals surface area contributed by atoms with E-state index < -0.39 is 5.54 Å². The van der Waals surface area contributed by atoms with Crippen LogP contribution in [0.2, 0.25) is 0 Å². The SMILES string of the molecule is CCc1cc(NCC2CC(C)N(C(=O)C3CC(=O)NC3(C)C)C2)ncn1. The number of anilines is 1. The highest BCUT2D eigenvalue weighted by Crippen LogP contribution is 2.32. The molecule has 0 aliphatic carbocycles. The molecule has 2 saturated heterocycles. The number of aryl methyl sites for hydroxylation is 1. The van der Waals surface area contributed by atoms with Crippen molar-refractivity contribution in [3.05, 3.63) is 18.1 Å². The van der Waals surface area contributed by atoms with Crippen LogP contribution in [0.15, 0.2) is 12.4 Å². The zero-order chi connectivity index (χ0) is 18.9. The van der Waals surface area contributed by atoms with Gasteiger partial charge in [0.05, 0.1) is 5.92 Å². The minimum Gasteiger partial charge on any atom is -0.370 e. The topological polar surface area (TPSA) is 87.2 Å². The standard InChI is InChI=1S/C19H29N5O2/c1-5-14-7-16(22-11-21-14)20-9-13-6-12(2)24(10-13)18(26)15-8-17(25)23-19(15,3)4/h7,11-13,15H,5-6,8-10H2,1-4H3,(H,23,25)(H,20,21,22). The van der Waals surface area contributed by atoms with Gasteiger partial charge in [0.2, 0.25) is 11.8 Å². The molecule has 7 nitrogen and oxygen atoms in total. The molecule has 3 rings (SSSR count). The summed E-state index contributed by atoms with van der Waals surface area (Å²) in [4.78, 5) is 35.2. The summed E-state index contributed by atoms with van der Waals surface area (Å²) in [6, 6.07) is 2.16. The molecular weight excluding hydrogens is 330 g/mol. The lowest BCUT2D eigenvalue weighted by Gasteiger charge is -2.31. The van der Waals surface area contributed by atoms with Gasteiger partial charge in [0.25, 0.3) is 0 Å². The van der Waals surface area contributed by atoms with Gasteiger partial charge in [-0.15, -0.1) is 0 Å². The average Bonchev–Trinajstić information content (AvgIpc) is 3.10. The smallest absolute Gasteiger partial charge is 0.228 e. The zero-order valence-corrected chi connectivity index (χ0v) is 16.1. The first-order valence-corrected chi connectivity index (χ1v) is 9.46. The monoisotopic (exact) mass is 359 g/mol. The van der Waals surface area contributed by atoms with E-state index in [1.54, 1.807) is 6.33 Å². The van der Waals surface area contributed by atoms with Crippen LogP contribution in [-0.4, -0.2) is 51.4 Å². The molecule has 7 heteroatoms. The van der Waals surface area contributed by atoms with Crippen molar-refractivity contribution in [3.63, 3.8) is 0 Å². The van der Waals surface area contributed by atoms with Gasteiger partial charge in [0.1, 0.15) is 12.1 Å². The van der Waals surface area contributed by atoms with Gasteiger partial charge < -0.3 is 15.5 Å². The van der Waals surface area contributed by atoms with Crippen LogP contribution in [0.25, 0.3) is 0 Å². The van der Waals surface area contributed by atoms with Gasteiger partial charge in [0, 0.05) is 42.9 Å². The van der Waals surface area contributed by atoms with E-state index in [2.05, 4.69) is 34.4 Å². The number of nitrogens with zero attached hydrogens (tertiary/aromatic N) is 3. The Bertz CT molecular complexity index is 690. The molecule has 0 saturated carbocycles. The van der Waals surface area contributed by atoms with Crippen LogP contribution in [0.1, 0.15) is 46.2 Å². The number of likely N-dealkylation sites (tertiary alicyclic amines) is 1. The summed E-state index contributed by atoms with van der Waals surface area (Å²) >= 11 is 0. The van der Waals surface area contributed by atoms with Crippen molar-refractivity contribution < 1.29 is 9.59 Å². The van der Waals surface area contributed by atoms with E-state index in [-0.39, 0.29) is 23.8 Å². The summed E-state index contributed by atoms with van der Waals surface area (Å²) in [5.41, 5.74) is 0.543. The van der Waals surface area contributed by atoms with E-state index in [0.717, 1.165) is 37.4 Å². The van der Waals surface area contributed by atoms with E-state index in [4.69, 9.17) is 0 Å². The van der Waals surface area contributed by atoms with Crippen molar-refractivity contribution in [1.29, 1.82) is 0 Å². The number of carbonyl (C=O) groups excluding carboxylic acids is 2. The molecule has 2 aliphatic heterocycles. The fraction of sp³-hybridized carbons (Fsp3) is 0.684. The van der Waals surface area contributed by atoms with Gasteiger partial charge in [-0.05, 0) is 39.5 Å². The highest BCUT2D eigenvalue weighted by Gasteiger charge is 2.47. The van der Waals surface area contributed by atoms with E-state index in [0.29, 0.717) is 12.3 Å². The molecule has 2 aliphatic rings. The van der Waals surface area contributed by atoms with Gasteiger partial charge >= 0.3 is 0 Å². The molecule has 2 fully saturated rings. The average molecular weight is 359 g/mol. The molecule has 0 spiro atoms. The van der Waals surface area contributed by atoms with Crippen molar-refractivity contribution in [2.45, 2.75) is 58.5 Å². The Balaban J connectivity index is 1.59. The summed E-state index contributed by atoms with van der Waals surface area (Å²) < 4.78 is 0. The Morgan fingerprint density at radius 2 is 2.19 bits per heavy atom. The zero-order valence-electron chi connectivity index (χ0n) is 16.1. The molecule has 142 valence electrons. The van der Waals surface area contributed by atoms with Crippen LogP contribution >= 0.6 is 0 Å². The molecule has 3 heterocycles. The minimum absolute atomic E-state index is 0.0334. The van der Waals surface area contributed by atoms with Crippen LogP contribution in [0.3, 0.4) is 0 Å². The first-order valence-electron chi connectivity index (χ1n) is 9.46. The largest absolute Gasteiger partial charge is 0.370 e. The molecule has 3 atom stereocenters. The first-order chi connectivity index (χ1) is 12.3. The molecular formula is C19H29N5O2. The van der Waals surface area contributed by atoms with Crippen molar-refractivity contribution in [2.75, 3.05) is 18.4 Å². The number of nitrogens with one attached hydrogen (secondary N) is 2. The molecule has 0 aromatic carbocycles. The lowest BCUT2D eigenvalue weighted by atomic mass is 9.88. The number of rotatable bonds is 5. The van der Waals surface area contributed by atoms with E-state index in [1.165, 1.54) is 0 Å². The molecule has 0 radical (unpaired) electrons. The van der Waals surface area contributed by atoms with Gasteiger partial charge in [-0.25, -0.2) is 9.97 Å². The van der Waals surface area contributed by atoms with Crippen molar-refractivity contribution >= 4 is 17.6 Å². The van der Waals surface area contributed by atoms with E-state index in [1.807, 2.05) is 24.8 Å². The lowest BCUT2D eigenvalue weighted by molar-refractivity contribution is -0.138. The summed E-state index contributed by atoms with van der Waals surface area (Å²) in [6.45, 7) is 9.52. The fourth-order valence-electron chi connectivity index (χ4n) is 4.07. The highest BCUT2D eigenvalue weighted by molar-refractivity contribution is 5.91. The second kappa shape index (κ2) is 7.21. The fourth-order valence-corrected chi connectivity index (χ4v) is 4.07. The second-order valence-electron chi connectivity index (χ2n) is 8.10. The third-order valence-electron chi connectivity index (χ3n) is 5.62. The molecule has 1 aromatic rings. The summed E-state index contributed by atoms with van der Waals surface area (Å²) in [6.07, 6.45) is 3.71. The number of carbonyl (C=O) groups is 2. The van der Waals surface area contributed by atoms with Gasteiger partial charge in [-0.2, -0.15) is 0 Å². The van der Waals surface area contributed by atoms with Crippen molar-refractivity contribution in [2.24, 2.45) is 11.8 Å². The van der Waals surface area contributed by atoms with E-state index in [9.17, 15) is 9.59 Å². The maximum atomic E-state index is 13.0. The molecule has 2 amide bonds. The number of amides is 2. The first kappa shape index (κ1) is 18.6. The summed E-state index contributed by atoms with van der Waals surface area (Å²) in [5.74, 6) is 0.994. The van der Waals surface area contributed by atoms with Crippen LogP contribution in [0.4, 0.5) is 5.82 Å². The molecule has 3 unspecified atom stereocenters. The van der Waals surface area contributed by atoms with Crippen molar-refractivity contribution in [3.8, 4) is 0 Å². The van der Waals surface area contributed by atoms with Crippen LogP contribution < -0.4 is 10.6 Å². The Kier molecular flexibility index (Phi) is 5.16. The quantitative estimate of drug-likeness (QED) is 0.834. The highest BCUT2D eigenvalue weighted by atomic mass is 16.2. The summed E-state index contributed by atoms with van der Waals surface area (Å²) in [5, 5.41) is 6.30. The Labute approximate surface area is 155 Å². The van der Waals surface area contributed by atoms with Crippen LogP contribution in [0, 0.1) is 11.8 Å². The minimum atomic E-state index is -0.471. The number of hydrogen-bond acceptors (Lipinski definition) is 5. The number of aromatic nitrogens is 2. The molecule has 26 heavy (non-hydrogen) atoms. The third-order valence-corrected chi connectivity index (χ3v) is 5.62. The van der Waals surface area contributed by atoms with Crippen molar-refractivity contribution in [1.82, 2.24) is 20.2 Å². The molecule has 0 bridgehead atoms. The third kappa shape index (κ3) is 3.81. The predicted molar refractivity (Wildman–Crippen MR) is 99.5 cm³/mol. The second-order valence-corrected chi connectivity index (χ2v) is 8.10. The predicted octanol–water partition coefficient (Wildman–Crippen LogP) is 1.60. The van der Waals surface area contributed by atoms with Gasteiger partial charge in [-0.1, -0.05) is 6.92 Å². The van der Waals surface area contributed by atoms with Crippen LogP contribution in [0.5, 0.6) is 0 Å². The molecule has 1 aromatic heterocycles. The normalized spacial score (nSPS) is 27.5. The Hall–Kier alpha value is -2.18. The molecule has 2 N–H and O–H groups in total. The lowest BCUT2D eigenvalue weighted by Crippen LogP contribution is -2.48.